The summed E-state index contributed by atoms with van der Waals surface area (Å²) in [5.74, 6) is 0.900. The summed E-state index contributed by atoms with van der Waals surface area (Å²) in [5.41, 5.74) is 1.95. The molecule has 0 spiro atoms. The molecule has 8 heteroatoms. The lowest BCUT2D eigenvalue weighted by Gasteiger charge is -2.34. The van der Waals surface area contributed by atoms with Crippen molar-refractivity contribution in [2.45, 2.75) is 58.9 Å². The number of hydrogen-bond acceptors (Lipinski definition) is 5. The van der Waals surface area contributed by atoms with E-state index in [4.69, 9.17) is 9.78 Å². The van der Waals surface area contributed by atoms with Crippen LogP contribution in [-0.2, 0) is 4.79 Å². The highest BCUT2D eigenvalue weighted by molar-refractivity contribution is 5.87. The number of hydrogen-bond donors (Lipinski definition) is 2. The lowest BCUT2D eigenvalue weighted by Crippen LogP contribution is -2.53. The number of urea groups is 1. The molecule has 148 valence electrons. The number of carbonyl (C=O) groups is 2. The molecule has 0 bridgehead atoms. The molecule has 1 aliphatic heterocycles. The number of nitriles is 1. The first-order valence-corrected chi connectivity index (χ1v) is 9.46. The van der Waals surface area contributed by atoms with E-state index < -0.39 is 6.04 Å². The van der Waals surface area contributed by atoms with Crippen molar-refractivity contribution < 1.29 is 14.1 Å². The molecule has 2 heterocycles. The van der Waals surface area contributed by atoms with Gasteiger partial charge in [0, 0.05) is 24.6 Å². The highest BCUT2D eigenvalue weighted by Crippen LogP contribution is 2.31. The zero-order valence-corrected chi connectivity index (χ0v) is 16.5. The van der Waals surface area contributed by atoms with Crippen LogP contribution in [0.5, 0.6) is 0 Å². The highest BCUT2D eigenvalue weighted by atomic mass is 16.5. The first kappa shape index (κ1) is 20.7. The van der Waals surface area contributed by atoms with Gasteiger partial charge >= 0.3 is 6.03 Å². The third-order valence-electron chi connectivity index (χ3n) is 4.87. The summed E-state index contributed by atoms with van der Waals surface area (Å²) >= 11 is 0. The minimum absolute atomic E-state index is 0.0683. The van der Waals surface area contributed by atoms with Gasteiger partial charge in [-0.15, -0.1) is 0 Å². The van der Waals surface area contributed by atoms with Crippen LogP contribution in [0, 0.1) is 31.1 Å². The molecule has 1 aliphatic rings. The second-order valence-corrected chi connectivity index (χ2v) is 7.53. The van der Waals surface area contributed by atoms with Gasteiger partial charge in [0.25, 0.3) is 0 Å². The van der Waals surface area contributed by atoms with Gasteiger partial charge in [-0.2, -0.15) is 5.26 Å². The Morgan fingerprint density at radius 3 is 2.74 bits per heavy atom. The van der Waals surface area contributed by atoms with Crippen LogP contribution in [0.3, 0.4) is 0 Å². The van der Waals surface area contributed by atoms with Gasteiger partial charge < -0.3 is 20.1 Å². The number of nitrogens with one attached hydrogen (secondary N) is 2. The zero-order valence-electron chi connectivity index (χ0n) is 16.5. The quantitative estimate of drug-likeness (QED) is 0.741. The minimum Gasteiger partial charge on any atom is -0.361 e. The number of amides is 3. The third-order valence-corrected chi connectivity index (χ3v) is 4.87. The molecule has 1 aromatic heterocycles. The van der Waals surface area contributed by atoms with Gasteiger partial charge in [-0.1, -0.05) is 19.0 Å². The van der Waals surface area contributed by atoms with E-state index in [0.717, 1.165) is 29.9 Å². The van der Waals surface area contributed by atoms with Crippen molar-refractivity contribution in [3.8, 4) is 6.07 Å². The molecule has 2 atom stereocenters. The Kier molecular flexibility index (Phi) is 7.22. The van der Waals surface area contributed by atoms with Gasteiger partial charge in [-0.05, 0) is 39.0 Å². The van der Waals surface area contributed by atoms with Crippen molar-refractivity contribution in [2.24, 2.45) is 5.92 Å². The summed E-state index contributed by atoms with van der Waals surface area (Å²) in [6, 6.07) is 0.992. The van der Waals surface area contributed by atoms with Gasteiger partial charge in [0.15, 0.2) is 0 Å². The van der Waals surface area contributed by atoms with Crippen LogP contribution in [0.25, 0.3) is 0 Å². The fourth-order valence-electron chi connectivity index (χ4n) is 3.66. The summed E-state index contributed by atoms with van der Waals surface area (Å²) in [5, 5.41) is 18.1. The molecule has 0 aromatic carbocycles. The van der Waals surface area contributed by atoms with E-state index in [2.05, 4.69) is 15.8 Å². The predicted octanol–water partition coefficient (Wildman–Crippen LogP) is 2.23. The molecule has 0 saturated carbocycles. The summed E-state index contributed by atoms with van der Waals surface area (Å²) in [6.07, 6.45) is 2.38. The van der Waals surface area contributed by atoms with Crippen LogP contribution >= 0.6 is 0 Å². The van der Waals surface area contributed by atoms with Crippen molar-refractivity contribution in [3.63, 3.8) is 0 Å². The average Bonchev–Trinajstić information content (AvgIpc) is 2.97. The number of carbonyl (C=O) groups excluding carboxylic acids is 2. The van der Waals surface area contributed by atoms with Crippen LogP contribution in [0.2, 0.25) is 0 Å². The third kappa shape index (κ3) is 5.46. The highest BCUT2D eigenvalue weighted by Gasteiger charge is 2.30. The molecule has 3 amide bonds. The van der Waals surface area contributed by atoms with Gasteiger partial charge in [-0.25, -0.2) is 4.79 Å². The molecule has 2 N–H and O–H groups in total. The zero-order chi connectivity index (χ0) is 20.0. The number of likely N-dealkylation sites (tertiary alicyclic amines) is 1. The van der Waals surface area contributed by atoms with E-state index >= 15 is 0 Å². The SMILES string of the molecule is Cc1noc(C)c1C1CCCN(C(=O)NC(CC(C)C)C(=O)NCC#N)C1. The summed E-state index contributed by atoms with van der Waals surface area (Å²) < 4.78 is 5.27. The maximum atomic E-state index is 12.8. The molecule has 0 aliphatic carbocycles. The number of aryl methyl sites for hydroxylation is 2. The van der Waals surface area contributed by atoms with E-state index in [0.29, 0.717) is 19.5 Å². The smallest absolute Gasteiger partial charge is 0.318 e. The maximum absolute atomic E-state index is 12.8. The molecular formula is C19H29N5O3. The Morgan fingerprint density at radius 2 is 2.15 bits per heavy atom. The van der Waals surface area contributed by atoms with Crippen molar-refractivity contribution in [1.82, 2.24) is 20.7 Å². The summed E-state index contributed by atoms with van der Waals surface area (Å²) in [6.45, 7) is 8.95. The second-order valence-electron chi connectivity index (χ2n) is 7.53. The van der Waals surface area contributed by atoms with Crippen LogP contribution < -0.4 is 10.6 Å². The van der Waals surface area contributed by atoms with Gasteiger partial charge in [0.1, 0.15) is 18.3 Å². The summed E-state index contributed by atoms with van der Waals surface area (Å²) in [4.78, 5) is 26.8. The van der Waals surface area contributed by atoms with Gasteiger partial charge in [0.2, 0.25) is 5.91 Å². The molecule has 8 nitrogen and oxygen atoms in total. The number of nitrogens with zero attached hydrogens (tertiary/aromatic N) is 3. The average molecular weight is 375 g/mol. The van der Waals surface area contributed by atoms with Crippen LogP contribution in [-0.4, -0.2) is 47.7 Å². The fraction of sp³-hybridized carbons (Fsp3) is 0.684. The van der Waals surface area contributed by atoms with Crippen molar-refractivity contribution in [2.75, 3.05) is 19.6 Å². The Labute approximate surface area is 160 Å². The van der Waals surface area contributed by atoms with Crippen molar-refractivity contribution in [3.05, 3.63) is 17.0 Å². The van der Waals surface area contributed by atoms with Crippen molar-refractivity contribution >= 4 is 11.9 Å². The van der Waals surface area contributed by atoms with E-state index in [1.54, 1.807) is 4.90 Å². The largest absolute Gasteiger partial charge is 0.361 e. The predicted molar refractivity (Wildman–Crippen MR) is 99.9 cm³/mol. The first-order valence-electron chi connectivity index (χ1n) is 9.46. The minimum atomic E-state index is -0.648. The first-order chi connectivity index (χ1) is 12.8. The van der Waals surface area contributed by atoms with Crippen LogP contribution in [0.15, 0.2) is 4.52 Å². The monoisotopic (exact) mass is 375 g/mol. The molecule has 1 aromatic rings. The topological polar surface area (TPSA) is 111 Å². The summed E-state index contributed by atoms with van der Waals surface area (Å²) in [7, 11) is 0. The standard InChI is InChI=1S/C19H29N5O3/c1-12(2)10-16(18(25)21-8-7-20)22-19(26)24-9-5-6-15(11-24)17-13(3)23-27-14(17)4/h12,15-16H,5-6,8-11H2,1-4H3,(H,21,25)(H,22,26). The molecule has 2 unspecified atom stereocenters. The normalized spacial score (nSPS) is 18.1. The Morgan fingerprint density at radius 1 is 1.41 bits per heavy atom. The van der Waals surface area contributed by atoms with E-state index in [1.165, 1.54) is 0 Å². The second kappa shape index (κ2) is 9.40. The molecule has 1 fully saturated rings. The van der Waals surface area contributed by atoms with Gasteiger partial charge in [-0.3, -0.25) is 4.79 Å². The Bertz CT molecular complexity index is 687. The van der Waals surface area contributed by atoms with E-state index in [1.807, 2.05) is 33.8 Å². The molecule has 2 rings (SSSR count). The van der Waals surface area contributed by atoms with E-state index in [-0.39, 0.29) is 30.3 Å². The Balaban J connectivity index is 2.04. The molecular weight excluding hydrogens is 346 g/mol. The van der Waals surface area contributed by atoms with Gasteiger partial charge in [0.05, 0.1) is 11.8 Å². The maximum Gasteiger partial charge on any atom is 0.318 e. The molecule has 27 heavy (non-hydrogen) atoms. The van der Waals surface area contributed by atoms with Crippen LogP contribution in [0.1, 0.15) is 56.0 Å². The fourth-order valence-corrected chi connectivity index (χ4v) is 3.66. The lowest BCUT2D eigenvalue weighted by atomic mass is 9.89. The van der Waals surface area contributed by atoms with Crippen molar-refractivity contribution in [1.29, 1.82) is 5.26 Å². The molecule has 0 radical (unpaired) electrons. The number of aromatic nitrogens is 1. The number of rotatable bonds is 6. The Hall–Kier alpha value is -2.56. The number of piperidine rings is 1. The van der Waals surface area contributed by atoms with E-state index in [9.17, 15) is 9.59 Å². The lowest BCUT2D eigenvalue weighted by molar-refractivity contribution is -0.123. The van der Waals surface area contributed by atoms with Crippen LogP contribution in [0.4, 0.5) is 4.79 Å². The molecule has 1 saturated heterocycles.